The van der Waals surface area contributed by atoms with Crippen LogP contribution in [0.5, 0.6) is 0 Å². The van der Waals surface area contributed by atoms with Crippen LogP contribution in [-0.2, 0) is 14.3 Å². The number of carbonyl (C=O) groups excluding carboxylic acids is 1. The fourth-order valence-corrected chi connectivity index (χ4v) is 2.68. The van der Waals surface area contributed by atoms with Gasteiger partial charge in [-0.1, -0.05) is 12.1 Å². The van der Waals surface area contributed by atoms with E-state index in [1.165, 1.54) is 19.2 Å². The standard InChI is InChI=1S/C15H20FNO3/c1-10-8-17(9-11(2)20-10)14(15(18)19-3)12-4-6-13(16)7-5-12/h4-7,10-11,14H,8-9H2,1-3H3/t10-,11+,14-/m0/s1. The van der Waals surface area contributed by atoms with Gasteiger partial charge in [-0.25, -0.2) is 9.18 Å². The summed E-state index contributed by atoms with van der Waals surface area (Å²) >= 11 is 0. The minimum Gasteiger partial charge on any atom is -0.468 e. The molecule has 0 aromatic heterocycles. The van der Waals surface area contributed by atoms with E-state index in [0.717, 1.165) is 5.56 Å². The van der Waals surface area contributed by atoms with Gasteiger partial charge in [0.15, 0.2) is 0 Å². The Balaban J connectivity index is 2.27. The number of methoxy groups -OCH3 is 1. The molecular formula is C15H20FNO3. The first kappa shape index (κ1) is 14.9. The van der Waals surface area contributed by atoms with Crippen LogP contribution in [0, 0.1) is 5.82 Å². The van der Waals surface area contributed by atoms with Gasteiger partial charge in [-0.3, -0.25) is 4.90 Å². The molecule has 0 aliphatic carbocycles. The van der Waals surface area contributed by atoms with Gasteiger partial charge in [0.25, 0.3) is 0 Å². The third kappa shape index (κ3) is 3.35. The lowest BCUT2D eigenvalue weighted by Gasteiger charge is -2.39. The molecule has 1 heterocycles. The Morgan fingerprint density at radius 2 is 1.85 bits per heavy atom. The van der Waals surface area contributed by atoms with Crippen LogP contribution < -0.4 is 0 Å². The first-order chi connectivity index (χ1) is 9.51. The topological polar surface area (TPSA) is 38.8 Å². The first-order valence-electron chi connectivity index (χ1n) is 6.74. The number of morpholine rings is 1. The highest BCUT2D eigenvalue weighted by atomic mass is 19.1. The molecule has 0 spiro atoms. The molecule has 1 aliphatic rings. The summed E-state index contributed by atoms with van der Waals surface area (Å²) in [5.74, 6) is -0.654. The minimum absolute atomic E-state index is 0.0476. The molecule has 1 aromatic rings. The van der Waals surface area contributed by atoms with Crippen LogP contribution in [0.1, 0.15) is 25.5 Å². The summed E-state index contributed by atoms with van der Waals surface area (Å²) in [7, 11) is 1.37. The summed E-state index contributed by atoms with van der Waals surface area (Å²) in [5.41, 5.74) is 0.736. The summed E-state index contributed by atoms with van der Waals surface area (Å²) in [6.45, 7) is 5.23. The van der Waals surface area contributed by atoms with Crippen LogP contribution in [0.3, 0.4) is 0 Å². The molecule has 0 amide bonds. The Hall–Kier alpha value is -1.46. The van der Waals surface area contributed by atoms with E-state index in [1.807, 2.05) is 18.7 Å². The maximum Gasteiger partial charge on any atom is 0.327 e. The monoisotopic (exact) mass is 281 g/mol. The van der Waals surface area contributed by atoms with Crippen LogP contribution in [0.4, 0.5) is 4.39 Å². The van der Waals surface area contributed by atoms with Crippen molar-refractivity contribution in [3.05, 3.63) is 35.6 Å². The summed E-state index contributed by atoms with van der Waals surface area (Å²) in [6, 6.07) is 5.45. The van der Waals surface area contributed by atoms with Crippen molar-refractivity contribution < 1.29 is 18.7 Å². The quantitative estimate of drug-likeness (QED) is 0.796. The molecule has 0 radical (unpaired) electrons. The van der Waals surface area contributed by atoms with Crippen molar-refractivity contribution >= 4 is 5.97 Å². The molecule has 110 valence electrons. The van der Waals surface area contributed by atoms with E-state index < -0.39 is 6.04 Å². The summed E-state index contributed by atoms with van der Waals surface area (Å²) in [5, 5.41) is 0. The Morgan fingerprint density at radius 3 is 2.35 bits per heavy atom. The van der Waals surface area contributed by atoms with Gasteiger partial charge in [0.2, 0.25) is 0 Å². The SMILES string of the molecule is COC(=O)[C@H](c1ccc(F)cc1)N1C[C@@H](C)O[C@@H](C)C1. The van der Waals surface area contributed by atoms with Crippen LogP contribution >= 0.6 is 0 Å². The highest BCUT2D eigenvalue weighted by Gasteiger charge is 2.33. The summed E-state index contributed by atoms with van der Waals surface area (Å²) in [6.07, 6.45) is 0.0951. The predicted octanol–water partition coefficient (Wildman–Crippen LogP) is 2.15. The second kappa shape index (κ2) is 6.33. The lowest BCUT2D eigenvalue weighted by Crippen LogP contribution is -2.49. The molecule has 3 atom stereocenters. The van der Waals surface area contributed by atoms with Crippen molar-refractivity contribution in [3.8, 4) is 0 Å². The van der Waals surface area contributed by atoms with E-state index in [-0.39, 0.29) is 24.0 Å². The maximum atomic E-state index is 13.0. The number of esters is 1. The molecule has 2 rings (SSSR count). The second-order valence-corrected chi connectivity index (χ2v) is 5.19. The smallest absolute Gasteiger partial charge is 0.327 e. The molecule has 0 N–H and O–H groups in total. The van der Waals surface area contributed by atoms with Crippen molar-refractivity contribution in [2.75, 3.05) is 20.2 Å². The number of rotatable bonds is 3. The van der Waals surface area contributed by atoms with Crippen molar-refractivity contribution in [1.29, 1.82) is 0 Å². The van der Waals surface area contributed by atoms with Crippen molar-refractivity contribution in [2.24, 2.45) is 0 Å². The molecule has 4 nitrogen and oxygen atoms in total. The van der Waals surface area contributed by atoms with Crippen LogP contribution in [0.25, 0.3) is 0 Å². The van der Waals surface area contributed by atoms with Gasteiger partial charge in [-0.05, 0) is 31.5 Å². The first-order valence-corrected chi connectivity index (χ1v) is 6.74. The molecule has 1 aliphatic heterocycles. The fraction of sp³-hybridized carbons (Fsp3) is 0.533. The van der Waals surface area contributed by atoms with E-state index in [1.54, 1.807) is 12.1 Å². The molecule has 1 aromatic carbocycles. The highest BCUT2D eigenvalue weighted by Crippen LogP contribution is 2.26. The summed E-state index contributed by atoms with van der Waals surface area (Å²) in [4.78, 5) is 14.1. The van der Waals surface area contributed by atoms with Crippen molar-refractivity contribution in [3.63, 3.8) is 0 Å². The number of carbonyl (C=O) groups is 1. The van der Waals surface area contributed by atoms with E-state index in [9.17, 15) is 9.18 Å². The van der Waals surface area contributed by atoms with Gasteiger partial charge in [0.1, 0.15) is 11.9 Å². The van der Waals surface area contributed by atoms with E-state index in [0.29, 0.717) is 13.1 Å². The Labute approximate surface area is 118 Å². The normalized spacial score (nSPS) is 25.2. The average Bonchev–Trinajstić information content (AvgIpc) is 2.40. The number of nitrogens with zero attached hydrogens (tertiary/aromatic N) is 1. The van der Waals surface area contributed by atoms with Gasteiger partial charge in [-0.2, -0.15) is 0 Å². The summed E-state index contributed by atoms with van der Waals surface area (Å²) < 4.78 is 23.6. The van der Waals surface area contributed by atoms with Gasteiger partial charge in [0.05, 0.1) is 19.3 Å². The molecule has 0 bridgehead atoms. The van der Waals surface area contributed by atoms with Gasteiger partial charge in [-0.15, -0.1) is 0 Å². The zero-order valence-electron chi connectivity index (χ0n) is 12.0. The Bertz CT molecular complexity index is 453. The number of hydrogen-bond donors (Lipinski definition) is 0. The zero-order valence-corrected chi connectivity index (χ0v) is 12.0. The van der Waals surface area contributed by atoms with Crippen molar-refractivity contribution in [2.45, 2.75) is 32.1 Å². The number of ether oxygens (including phenoxy) is 2. The second-order valence-electron chi connectivity index (χ2n) is 5.19. The molecule has 0 saturated carbocycles. The third-order valence-corrected chi connectivity index (χ3v) is 3.42. The predicted molar refractivity (Wildman–Crippen MR) is 72.7 cm³/mol. The molecule has 5 heteroatoms. The minimum atomic E-state index is -0.519. The van der Waals surface area contributed by atoms with E-state index in [2.05, 4.69) is 0 Å². The number of hydrogen-bond acceptors (Lipinski definition) is 4. The zero-order chi connectivity index (χ0) is 14.7. The van der Waals surface area contributed by atoms with Crippen LogP contribution in [-0.4, -0.2) is 43.3 Å². The molecule has 1 fully saturated rings. The molecule has 1 saturated heterocycles. The highest BCUT2D eigenvalue weighted by molar-refractivity contribution is 5.77. The largest absolute Gasteiger partial charge is 0.468 e. The van der Waals surface area contributed by atoms with Gasteiger partial charge >= 0.3 is 5.97 Å². The number of halogens is 1. The third-order valence-electron chi connectivity index (χ3n) is 3.42. The lowest BCUT2D eigenvalue weighted by molar-refractivity contribution is -0.152. The Kier molecular flexibility index (Phi) is 4.73. The fourth-order valence-electron chi connectivity index (χ4n) is 2.68. The van der Waals surface area contributed by atoms with Gasteiger partial charge in [0, 0.05) is 13.1 Å². The maximum absolute atomic E-state index is 13.0. The Morgan fingerprint density at radius 1 is 1.30 bits per heavy atom. The molecule has 20 heavy (non-hydrogen) atoms. The number of benzene rings is 1. The molecule has 0 unspecified atom stereocenters. The lowest BCUT2D eigenvalue weighted by atomic mass is 10.0. The molecular weight excluding hydrogens is 261 g/mol. The van der Waals surface area contributed by atoms with E-state index in [4.69, 9.17) is 9.47 Å². The van der Waals surface area contributed by atoms with E-state index >= 15 is 0 Å². The average molecular weight is 281 g/mol. The van der Waals surface area contributed by atoms with Gasteiger partial charge < -0.3 is 9.47 Å². The van der Waals surface area contributed by atoms with Crippen molar-refractivity contribution in [1.82, 2.24) is 4.90 Å². The van der Waals surface area contributed by atoms with Crippen LogP contribution in [0.2, 0.25) is 0 Å². The van der Waals surface area contributed by atoms with Crippen LogP contribution in [0.15, 0.2) is 24.3 Å².